The van der Waals surface area contributed by atoms with Gasteiger partial charge in [0.05, 0.1) is 11.7 Å². The Balaban J connectivity index is 2.40. The minimum atomic E-state index is -4.52. The van der Waals surface area contributed by atoms with Crippen molar-refractivity contribution in [1.29, 1.82) is 0 Å². The normalized spacial score (nSPS) is 13.0. The summed E-state index contributed by atoms with van der Waals surface area (Å²) >= 11 is 0. The first kappa shape index (κ1) is 15.3. The number of benzene rings is 2. The minimum absolute atomic E-state index is 0.0543. The topological polar surface area (TPSA) is 55.5 Å². The molecule has 2 rings (SSSR count). The molecule has 0 saturated carbocycles. The molecule has 0 aromatic heterocycles. The van der Waals surface area contributed by atoms with Crippen molar-refractivity contribution < 1.29 is 23.0 Å². The molecule has 2 aromatic carbocycles. The fourth-order valence-electron chi connectivity index (χ4n) is 1.88. The smallest absolute Gasteiger partial charge is 0.419 e. The van der Waals surface area contributed by atoms with Crippen molar-refractivity contribution in [3.05, 3.63) is 59.7 Å². The van der Waals surface area contributed by atoms with Gasteiger partial charge in [0.25, 0.3) is 0 Å². The van der Waals surface area contributed by atoms with Gasteiger partial charge in [0.1, 0.15) is 11.5 Å². The number of aliphatic hydroxyl groups excluding tert-OH is 1. The molecular formula is C15H14F3NO2. The summed E-state index contributed by atoms with van der Waals surface area (Å²) in [6, 6.07) is 11.2. The quantitative estimate of drug-likeness (QED) is 0.908. The molecule has 0 aliphatic carbocycles. The van der Waals surface area contributed by atoms with Crippen LogP contribution in [0.5, 0.6) is 11.5 Å². The molecule has 2 aromatic rings. The first-order chi connectivity index (χ1) is 9.93. The Bertz CT molecular complexity index is 614. The molecule has 0 saturated heterocycles. The van der Waals surface area contributed by atoms with Crippen LogP contribution in [0.15, 0.2) is 48.5 Å². The van der Waals surface area contributed by atoms with Crippen LogP contribution in [-0.2, 0) is 6.18 Å². The van der Waals surface area contributed by atoms with Gasteiger partial charge < -0.3 is 15.6 Å². The van der Waals surface area contributed by atoms with Crippen molar-refractivity contribution in [3.8, 4) is 11.5 Å². The van der Waals surface area contributed by atoms with Gasteiger partial charge in [0, 0.05) is 12.1 Å². The minimum Gasteiger partial charge on any atom is -0.456 e. The van der Waals surface area contributed by atoms with E-state index < -0.39 is 17.8 Å². The van der Waals surface area contributed by atoms with Crippen LogP contribution in [0.4, 0.5) is 13.2 Å². The Morgan fingerprint density at radius 1 is 1.00 bits per heavy atom. The molecule has 0 aliphatic heterocycles. The third kappa shape index (κ3) is 3.53. The molecule has 6 heteroatoms. The van der Waals surface area contributed by atoms with E-state index in [1.807, 2.05) is 0 Å². The van der Waals surface area contributed by atoms with Gasteiger partial charge in [-0.25, -0.2) is 0 Å². The van der Waals surface area contributed by atoms with Crippen LogP contribution in [0.2, 0.25) is 0 Å². The number of alkyl halides is 3. The van der Waals surface area contributed by atoms with Gasteiger partial charge in [-0.1, -0.05) is 30.3 Å². The van der Waals surface area contributed by atoms with E-state index in [4.69, 9.17) is 10.5 Å². The van der Waals surface area contributed by atoms with Gasteiger partial charge in [0.15, 0.2) is 0 Å². The molecule has 1 atom stereocenters. The third-order valence-corrected chi connectivity index (χ3v) is 2.91. The van der Waals surface area contributed by atoms with Crippen molar-refractivity contribution in [2.24, 2.45) is 5.73 Å². The second kappa shape index (κ2) is 6.15. The largest absolute Gasteiger partial charge is 0.456 e. The third-order valence-electron chi connectivity index (χ3n) is 2.91. The van der Waals surface area contributed by atoms with Gasteiger partial charge in [0.2, 0.25) is 0 Å². The fourth-order valence-corrected chi connectivity index (χ4v) is 1.88. The van der Waals surface area contributed by atoms with E-state index in [0.717, 1.165) is 6.07 Å². The lowest BCUT2D eigenvalue weighted by Crippen LogP contribution is -2.13. The van der Waals surface area contributed by atoms with Gasteiger partial charge in [-0.3, -0.25) is 0 Å². The van der Waals surface area contributed by atoms with E-state index in [1.54, 1.807) is 18.2 Å². The van der Waals surface area contributed by atoms with E-state index in [9.17, 15) is 18.3 Å². The summed E-state index contributed by atoms with van der Waals surface area (Å²) in [6.07, 6.45) is -5.52. The lowest BCUT2D eigenvalue weighted by molar-refractivity contribution is -0.138. The average Bonchev–Trinajstić information content (AvgIpc) is 2.46. The molecule has 0 spiro atoms. The summed E-state index contributed by atoms with van der Waals surface area (Å²) in [5.41, 5.74) is 4.85. The number of rotatable bonds is 4. The number of hydrogen-bond acceptors (Lipinski definition) is 3. The van der Waals surface area contributed by atoms with E-state index >= 15 is 0 Å². The van der Waals surface area contributed by atoms with E-state index in [2.05, 4.69) is 0 Å². The highest BCUT2D eigenvalue weighted by molar-refractivity contribution is 5.43. The highest BCUT2D eigenvalue weighted by Gasteiger charge is 2.34. The lowest BCUT2D eigenvalue weighted by atomic mass is 10.1. The van der Waals surface area contributed by atoms with Crippen LogP contribution in [0.25, 0.3) is 0 Å². The Morgan fingerprint density at radius 2 is 1.57 bits per heavy atom. The maximum Gasteiger partial charge on any atom is 0.419 e. The van der Waals surface area contributed by atoms with E-state index in [0.29, 0.717) is 5.56 Å². The monoisotopic (exact) mass is 297 g/mol. The lowest BCUT2D eigenvalue weighted by Gasteiger charge is -2.17. The molecule has 112 valence electrons. The van der Waals surface area contributed by atoms with E-state index in [-0.39, 0.29) is 18.0 Å². The highest BCUT2D eigenvalue weighted by atomic mass is 19.4. The van der Waals surface area contributed by atoms with Gasteiger partial charge in [-0.15, -0.1) is 0 Å². The van der Waals surface area contributed by atoms with Crippen LogP contribution < -0.4 is 10.5 Å². The Morgan fingerprint density at radius 3 is 2.19 bits per heavy atom. The summed E-state index contributed by atoms with van der Waals surface area (Å²) in [5, 5.41) is 9.79. The molecule has 0 amide bonds. The van der Waals surface area contributed by atoms with Crippen molar-refractivity contribution in [3.63, 3.8) is 0 Å². The summed E-state index contributed by atoms with van der Waals surface area (Å²) in [6.45, 7) is -0.0543. The molecule has 0 heterocycles. The van der Waals surface area contributed by atoms with Crippen molar-refractivity contribution in [1.82, 2.24) is 0 Å². The van der Waals surface area contributed by atoms with Crippen LogP contribution in [0.1, 0.15) is 17.2 Å². The number of aliphatic hydroxyl groups is 1. The fraction of sp³-hybridized carbons (Fsp3) is 0.200. The predicted octanol–water partition coefficient (Wildman–Crippen LogP) is 3.49. The molecule has 0 aliphatic rings. The molecule has 0 fully saturated rings. The second-order valence-electron chi connectivity index (χ2n) is 4.39. The van der Waals surface area contributed by atoms with Crippen LogP contribution >= 0.6 is 0 Å². The molecule has 3 N–H and O–H groups in total. The second-order valence-corrected chi connectivity index (χ2v) is 4.39. The number of para-hydroxylation sites is 2. The van der Waals surface area contributed by atoms with Gasteiger partial charge >= 0.3 is 6.18 Å². The highest BCUT2D eigenvalue weighted by Crippen LogP contribution is 2.39. The van der Waals surface area contributed by atoms with Crippen LogP contribution in [0.3, 0.4) is 0 Å². The molecule has 0 bridgehead atoms. The number of ether oxygens (including phenoxy) is 1. The zero-order chi connectivity index (χ0) is 15.5. The van der Waals surface area contributed by atoms with Crippen LogP contribution in [0, 0.1) is 0 Å². The zero-order valence-corrected chi connectivity index (χ0v) is 11.0. The molecule has 0 radical (unpaired) electrons. The Hall–Kier alpha value is -2.05. The summed E-state index contributed by atoms with van der Waals surface area (Å²) in [7, 11) is 0. The molecule has 3 nitrogen and oxygen atoms in total. The summed E-state index contributed by atoms with van der Waals surface area (Å²) in [4.78, 5) is 0. The molecule has 1 unspecified atom stereocenters. The van der Waals surface area contributed by atoms with Crippen molar-refractivity contribution >= 4 is 0 Å². The predicted molar refractivity (Wildman–Crippen MR) is 72.0 cm³/mol. The number of halogens is 3. The van der Waals surface area contributed by atoms with E-state index in [1.165, 1.54) is 24.3 Å². The van der Waals surface area contributed by atoms with Crippen LogP contribution in [-0.4, -0.2) is 11.7 Å². The summed E-state index contributed by atoms with van der Waals surface area (Å²) < 4.78 is 44.1. The summed E-state index contributed by atoms with van der Waals surface area (Å²) in [5.74, 6) is -0.172. The first-order valence-corrected chi connectivity index (χ1v) is 6.24. The van der Waals surface area contributed by atoms with Gasteiger partial charge in [-0.05, 0) is 18.2 Å². The molecular weight excluding hydrogens is 283 g/mol. The Kier molecular flexibility index (Phi) is 4.50. The standard InChI is InChI=1S/C15H14F3NO2/c16-15(17,18)11-6-2-4-8-14(11)21-13-7-3-1-5-10(13)12(20)9-19/h1-8,12,20H,9,19H2. The number of hydrogen-bond donors (Lipinski definition) is 2. The SMILES string of the molecule is NCC(O)c1ccccc1Oc1ccccc1C(F)(F)F. The zero-order valence-electron chi connectivity index (χ0n) is 11.0. The molecule has 21 heavy (non-hydrogen) atoms. The first-order valence-electron chi connectivity index (χ1n) is 6.24. The maximum absolute atomic E-state index is 12.9. The van der Waals surface area contributed by atoms with Gasteiger partial charge in [-0.2, -0.15) is 13.2 Å². The maximum atomic E-state index is 12.9. The Labute approximate surface area is 119 Å². The number of nitrogens with two attached hydrogens (primary N) is 1. The van der Waals surface area contributed by atoms with Crippen molar-refractivity contribution in [2.45, 2.75) is 12.3 Å². The average molecular weight is 297 g/mol. The van der Waals surface area contributed by atoms with Crippen molar-refractivity contribution in [2.75, 3.05) is 6.54 Å².